The van der Waals surface area contributed by atoms with E-state index in [1.807, 2.05) is 0 Å². The molecule has 2 aromatic rings. The van der Waals surface area contributed by atoms with Crippen LogP contribution in [-0.4, -0.2) is 80.2 Å². The summed E-state index contributed by atoms with van der Waals surface area (Å²) in [5.41, 5.74) is -3.22. The lowest BCUT2D eigenvalue weighted by Crippen LogP contribution is -2.49. The molecule has 0 saturated carbocycles. The van der Waals surface area contributed by atoms with Crippen LogP contribution in [0.3, 0.4) is 0 Å². The third kappa shape index (κ3) is 3.81. The zero-order valence-electron chi connectivity index (χ0n) is 20.9. The highest BCUT2D eigenvalue weighted by molar-refractivity contribution is 6.31. The van der Waals surface area contributed by atoms with Crippen LogP contribution in [0.5, 0.6) is 17.2 Å². The van der Waals surface area contributed by atoms with E-state index in [9.17, 15) is 39.9 Å². The number of aliphatic hydroxyl groups excluding tert-OH is 2. The van der Waals surface area contributed by atoms with Crippen LogP contribution in [0.1, 0.15) is 75.8 Å². The molecule has 1 unspecified atom stereocenters. The summed E-state index contributed by atoms with van der Waals surface area (Å²) < 4.78 is 16.9. The van der Waals surface area contributed by atoms with Crippen molar-refractivity contribution in [2.45, 2.75) is 69.4 Å². The van der Waals surface area contributed by atoms with E-state index in [4.69, 9.17) is 14.2 Å². The van der Waals surface area contributed by atoms with E-state index in [2.05, 4.69) is 0 Å². The molecule has 1 saturated heterocycles. The summed E-state index contributed by atoms with van der Waals surface area (Å²) in [6.07, 6.45) is -6.53. The van der Waals surface area contributed by atoms with Crippen molar-refractivity contribution in [3.8, 4) is 17.2 Å². The number of phenols is 2. The van der Waals surface area contributed by atoms with Gasteiger partial charge in [-0.15, -0.1) is 0 Å². The summed E-state index contributed by atoms with van der Waals surface area (Å²) in [6.45, 7) is 2.69. The summed E-state index contributed by atoms with van der Waals surface area (Å²) in [7, 11) is 1.33. The second-order valence-electron chi connectivity index (χ2n) is 10.0. The van der Waals surface area contributed by atoms with Gasteiger partial charge in [0, 0.05) is 36.0 Å². The van der Waals surface area contributed by atoms with Crippen LogP contribution >= 0.6 is 0 Å². The van der Waals surface area contributed by atoms with E-state index in [0.29, 0.717) is 0 Å². The fourth-order valence-electron chi connectivity index (χ4n) is 5.60. The van der Waals surface area contributed by atoms with Crippen LogP contribution < -0.4 is 4.74 Å². The molecule has 0 amide bonds. The summed E-state index contributed by atoms with van der Waals surface area (Å²) in [5.74, 6) is -3.31. The molecule has 0 bridgehead atoms. The van der Waals surface area contributed by atoms with Crippen molar-refractivity contribution < 1.29 is 54.1 Å². The first-order chi connectivity index (χ1) is 17.9. The molecule has 1 aliphatic heterocycles. The number of ketones is 3. The molecule has 1 heterocycles. The first-order valence-electron chi connectivity index (χ1n) is 12.2. The number of carbonyl (C=O) groups is 3. The smallest absolute Gasteiger partial charge is 0.202 e. The van der Waals surface area contributed by atoms with Crippen molar-refractivity contribution in [1.82, 2.24) is 0 Å². The molecular formula is C27H28O11. The van der Waals surface area contributed by atoms with Crippen molar-refractivity contribution in [1.29, 1.82) is 0 Å². The number of phenolic OH excluding ortho intramolecular Hbond substituents is 2. The molecular weight excluding hydrogens is 500 g/mol. The normalized spacial score (nSPS) is 30.3. The first-order valence-corrected chi connectivity index (χ1v) is 12.2. The Balaban J connectivity index is 1.68. The zero-order chi connectivity index (χ0) is 27.7. The molecule has 3 aliphatic rings. The van der Waals surface area contributed by atoms with E-state index in [0.717, 1.165) is 6.92 Å². The predicted octanol–water partition coefficient (Wildman–Crippen LogP) is 1.06. The largest absolute Gasteiger partial charge is 0.507 e. The maximum Gasteiger partial charge on any atom is 0.202 e. The van der Waals surface area contributed by atoms with Gasteiger partial charge >= 0.3 is 0 Å². The van der Waals surface area contributed by atoms with Crippen molar-refractivity contribution >= 4 is 17.3 Å². The Hall–Kier alpha value is -3.35. The molecule has 11 heteroatoms. The van der Waals surface area contributed by atoms with E-state index >= 15 is 0 Å². The Bertz CT molecular complexity index is 1350. The molecule has 11 nitrogen and oxygen atoms in total. The summed E-state index contributed by atoms with van der Waals surface area (Å²) >= 11 is 0. The van der Waals surface area contributed by atoms with Gasteiger partial charge in [-0.05, 0) is 19.9 Å². The Kier molecular flexibility index (Phi) is 6.32. The first kappa shape index (κ1) is 26.3. The number of Topliss-reactive ketones (excluding diaryl/α,β-unsaturated/α-hetero) is 1. The second-order valence-corrected chi connectivity index (χ2v) is 10.0. The molecule has 0 aromatic heterocycles. The number of rotatable bonds is 4. The van der Waals surface area contributed by atoms with Gasteiger partial charge in [0.25, 0.3) is 0 Å². The minimum absolute atomic E-state index is 0.0286. The minimum Gasteiger partial charge on any atom is -0.507 e. The number of benzene rings is 2. The minimum atomic E-state index is -2.03. The Morgan fingerprint density at radius 2 is 1.76 bits per heavy atom. The van der Waals surface area contributed by atoms with Gasteiger partial charge in [-0.2, -0.15) is 0 Å². The van der Waals surface area contributed by atoms with E-state index < -0.39 is 82.7 Å². The van der Waals surface area contributed by atoms with Gasteiger partial charge in [0.1, 0.15) is 29.0 Å². The molecule has 5 rings (SSSR count). The van der Waals surface area contributed by atoms with E-state index in [-0.39, 0.29) is 40.8 Å². The Labute approximate surface area is 217 Å². The molecule has 0 spiro atoms. The van der Waals surface area contributed by atoms with Gasteiger partial charge in [0.15, 0.2) is 17.9 Å². The van der Waals surface area contributed by atoms with Crippen LogP contribution in [0, 0.1) is 0 Å². The maximum absolute atomic E-state index is 13.6. The van der Waals surface area contributed by atoms with Crippen LogP contribution in [0.25, 0.3) is 0 Å². The Morgan fingerprint density at radius 3 is 2.39 bits per heavy atom. The monoisotopic (exact) mass is 528 g/mol. The lowest BCUT2D eigenvalue weighted by atomic mass is 9.72. The van der Waals surface area contributed by atoms with Crippen LogP contribution in [0.4, 0.5) is 0 Å². The molecule has 2 aliphatic carbocycles. The summed E-state index contributed by atoms with van der Waals surface area (Å²) in [6, 6.07) is 4.40. The lowest BCUT2D eigenvalue weighted by molar-refractivity contribution is -0.265. The topological polar surface area (TPSA) is 180 Å². The average molecular weight is 529 g/mol. The van der Waals surface area contributed by atoms with E-state index in [1.54, 1.807) is 0 Å². The number of hydrogen-bond donors (Lipinski definition) is 5. The van der Waals surface area contributed by atoms with Gasteiger partial charge in [0.05, 0.1) is 42.1 Å². The standard InChI is InChI=1S/C27H28O11/c1-10-22(30)14(29)7-17(37-10)38-16-9-27(35,11(2)28)8-13-19(16)26(34)21-20(24(13)32)23(31)12-5-4-6-15(36-3)18(12)25(21)33/h4-6,10,14,16-17,22,29-30,32,34-35H,7-9H2,1-3H3/t10-,14-,16?,17-,22+,27-/m0/s1. The predicted molar refractivity (Wildman–Crippen MR) is 128 cm³/mol. The molecule has 1 fully saturated rings. The number of hydrogen-bond acceptors (Lipinski definition) is 11. The van der Waals surface area contributed by atoms with Crippen molar-refractivity contribution in [2.75, 3.05) is 7.11 Å². The highest BCUT2D eigenvalue weighted by Gasteiger charge is 2.49. The van der Waals surface area contributed by atoms with Gasteiger partial charge in [-0.3, -0.25) is 14.4 Å². The van der Waals surface area contributed by atoms with Crippen LogP contribution in [-0.2, 0) is 20.7 Å². The van der Waals surface area contributed by atoms with Crippen molar-refractivity contribution in [2.24, 2.45) is 0 Å². The molecule has 38 heavy (non-hydrogen) atoms. The second kappa shape index (κ2) is 9.14. The number of methoxy groups -OCH3 is 1. The van der Waals surface area contributed by atoms with Gasteiger partial charge in [-0.1, -0.05) is 12.1 Å². The fraction of sp³-hybridized carbons (Fsp3) is 0.444. The SMILES string of the molecule is COc1cccc2c1C(=O)c1c(O)c3c(c(O)c1C2=O)C[C@@](O)(C(C)=O)CC3O[C@H]1C[C@H](O)[C@H](O)[C@H](C)O1. The highest BCUT2D eigenvalue weighted by Crippen LogP contribution is 2.52. The number of carbonyl (C=O) groups excluding carboxylic acids is 3. The van der Waals surface area contributed by atoms with Crippen LogP contribution in [0.2, 0.25) is 0 Å². The van der Waals surface area contributed by atoms with E-state index in [1.165, 1.54) is 32.2 Å². The third-order valence-electron chi connectivity index (χ3n) is 7.72. The maximum atomic E-state index is 13.6. The lowest BCUT2D eigenvalue weighted by Gasteiger charge is -2.41. The zero-order valence-corrected chi connectivity index (χ0v) is 20.9. The van der Waals surface area contributed by atoms with Crippen LogP contribution in [0.15, 0.2) is 18.2 Å². The van der Waals surface area contributed by atoms with Crippen molar-refractivity contribution in [3.63, 3.8) is 0 Å². The quantitative estimate of drug-likeness (QED) is 0.306. The highest BCUT2D eigenvalue weighted by atomic mass is 16.7. The molecule has 5 N–H and O–H groups in total. The van der Waals surface area contributed by atoms with Gasteiger partial charge in [-0.25, -0.2) is 0 Å². The summed E-state index contributed by atoms with van der Waals surface area (Å²) in [5, 5.41) is 54.1. The fourth-order valence-corrected chi connectivity index (χ4v) is 5.60. The molecule has 0 radical (unpaired) electrons. The summed E-state index contributed by atoms with van der Waals surface area (Å²) in [4.78, 5) is 39.5. The van der Waals surface area contributed by atoms with Gasteiger partial charge < -0.3 is 39.7 Å². The molecule has 6 atom stereocenters. The average Bonchev–Trinajstić information content (AvgIpc) is 2.87. The Morgan fingerprint density at radius 1 is 1.08 bits per heavy atom. The molecule has 202 valence electrons. The number of ether oxygens (including phenoxy) is 3. The van der Waals surface area contributed by atoms with Gasteiger partial charge in [0.2, 0.25) is 5.78 Å². The van der Waals surface area contributed by atoms with Crippen molar-refractivity contribution in [3.05, 3.63) is 51.6 Å². The number of fused-ring (bicyclic) bond motifs is 3. The number of aromatic hydroxyl groups is 2. The molecule has 2 aromatic carbocycles. The third-order valence-corrected chi connectivity index (χ3v) is 7.72. The number of aliphatic hydroxyl groups is 3.